The van der Waals surface area contributed by atoms with Gasteiger partial charge >= 0.3 is 0 Å². The van der Waals surface area contributed by atoms with Crippen molar-refractivity contribution >= 4 is 11.0 Å². The fourth-order valence-electron chi connectivity index (χ4n) is 4.00. The summed E-state index contributed by atoms with van der Waals surface area (Å²) in [5, 5.41) is 9.09. The van der Waals surface area contributed by atoms with Crippen molar-refractivity contribution in [1.82, 2.24) is 9.55 Å². The Morgan fingerprint density at radius 3 is 2.91 bits per heavy atom. The van der Waals surface area contributed by atoms with E-state index in [1.807, 2.05) is 24.5 Å². The first-order chi connectivity index (χ1) is 10.7. The minimum Gasteiger partial charge on any atom is -0.330 e. The molecule has 1 aromatic heterocycles. The van der Waals surface area contributed by atoms with E-state index in [4.69, 9.17) is 5.26 Å². The molecule has 3 nitrogen and oxygen atoms in total. The molecular weight excluding hydrogens is 270 g/mol. The number of nitriles is 1. The zero-order valence-corrected chi connectivity index (χ0v) is 13.6. The Morgan fingerprint density at radius 2 is 2.14 bits per heavy atom. The molecule has 1 heterocycles. The summed E-state index contributed by atoms with van der Waals surface area (Å²) in [5.41, 5.74) is 2.81. The molecule has 3 heteroatoms. The Kier molecular flexibility index (Phi) is 4.47. The van der Waals surface area contributed by atoms with Crippen LogP contribution in [0.4, 0.5) is 0 Å². The second-order valence-corrected chi connectivity index (χ2v) is 7.24. The number of fused-ring (bicyclic) bond motifs is 1. The summed E-state index contributed by atoms with van der Waals surface area (Å²) in [5.74, 6) is 2.44. The van der Waals surface area contributed by atoms with Gasteiger partial charge in [-0.15, -0.1) is 0 Å². The van der Waals surface area contributed by atoms with Crippen LogP contribution in [0.25, 0.3) is 11.0 Å². The first-order valence-electron chi connectivity index (χ1n) is 8.50. The van der Waals surface area contributed by atoms with Crippen molar-refractivity contribution < 1.29 is 0 Å². The molecule has 0 aliphatic heterocycles. The van der Waals surface area contributed by atoms with E-state index >= 15 is 0 Å². The van der Waals surface area contributed by atoms with Crippen LogP contribution >= 0.6 is 0 Å². The van der Waals surface area contributed by atoms with Crippen LogP contribution in [0.3, 0.4) is 0 Å². The molecule has 0 spiro atoms. The monoisotopic (exact) mass is 295 g/mol. The number of hydrogen-bond acceptors (Lipinski definition) is 2. The second-order valence-electron chi connectivity index (χ2n) is 7.24. The Bertz CT molecular complexity index is 678. The molecular formula is C19H25N3. The standard InChI is InChI=1S/C19H25N3/c1-14(2)8-15-4-3-5-17(9-15)12-22-13-21-18-7-6-16(11-20)10-19(18)22/h6-7,10,13-15,17H,3-5,8-9,12H2,1-2H3. The summed E-state index contributed by atoms with van der Waals surface area (Å²) in [6.45, 7) is 5.70. The van der Waals surface area contributed by atoms with Crippen molar-refractivity contribution in [2.75, 3.05) is 0 Å². The SMILES string of the molecule is CC(C)CC1CCCC(Cn2cnc3ccc(C#N)cc32)C1. The number of imidazole rings is 1. The molecule has 1 fully saturated rings. The van der Waals surface area contributed by atoms with Gasteiger partial charge in [0, 0.05) is 6.54 Å². The fraction of sp³-hybridized carbons (Fsp3) is 0.579. The van der Waals surface area contributed by atoms with E-state index in [1.165, 1.54) is 32.1 Å². The minimum atomic E-state index is 0.718. The third-order valence-electron chi connectivity index (χ3n) is 4.90. The predicted octanol–water partition coefficient (Wildman–Crippen LogP) is 4.76. The highest BCUT2D eigenvalue weighted by Crippen LogP contribution is 2.34. The maximum atomic E-state index is 9.09. The lowest BCUT2D eigenvalue weighted by Gasteiger charge is -2.30. The molecule has 3 rings (SSSR count). The maximum Gasteiger partial charge on any atom is 0.0992 e. The third-order valence-corrected chi connectivity index (χ3v) is 4.90. The molecule has 1 aromatic carbocycles. The van der Waals surface area contributed by atoms with Crippen LogP contribution in [0.1, 0.15) is 51.5 Å². The Morgan fingerprint density at radius 1 is 1.32 bits per heavy atom. The molecule has 22 heavy (non-hydrogen) atoms. The van der Waals surface area contributed by atoms with Crippen LogP contribution in [0.15, 0.2) is 24.5 Å². The second kappa shape index (κ2) is 6.52. The summed E-state index contributed by atoms with van der Waals surface area (Å²) < 4.78 is 2.25. The van der Waals surface area contributed by atoms with Crippen LogP contribution in [0, 0.1) is 29.1 Å². The lowest BCUT2D eigenvalue weighted by Crippen LogP contribution is -2.20. The van der Waals surface area contributed by atoms with E-state index in [-0.39, 0.29) is 0 Å². The Hall–Kier alpha value is -1.82. The van der Waals surface area contributed by atoms with Gasteiger partial charge in [0.2, 0.25) is 0 Å². The van der Waals surface area contributed by atoms with Gasteiger partial charge in [0.05, 0.1) is 29.0 Å². The molecule has 1 aliphatic carbocycles. The Labute approximate surface area is 133 Å². The van der Waals surface area contributed by atoms with Crippen LogP contribution in [0.2, 0.25) is 0 Å². The van der Waals surface area contributed by atoms with E-state index in [0.29, 0.717) is 0 Å². The predicted molar refractivity (Wildman–Crippen MR) is 89.4 cm³/mol. The molecule has 0 amide bonds. The van der Waals surface area contributed by atoms with Gasteiger partial charge in [-0.25, -0.2) is 4.98 Å². The van der Waals surface area contributed by atoms with Gasteiger partial charge in [-0.05, 0) is 55.2 Å². The summed E-state index contributed by atoms with van der Waals surface area (Å²) in [6.07, 6.45) is 8.73. The van der Waals surface area contributed by atoms with Crippen LogP contribution < -0.4 is 0 Å². The summed E-state index contributed by atoms with van der Waals surface area (Å²) in [4.78, 5) is 4.48. The zero-order valence-electron chi connectivity index (χ0n) is 13.6. The lowest BCUT2D eigenvalue weighted by atomic mass is 9.78. The highest BCUT2D eigenvalue weighted by molar-refractivity contribution is 5.76. The van der Waals surface area contributed by atoms with E-state index < -0.39 is 0 Å². The molecule has 0 N–H and O–H groups in total. The van der Waals surface area contributed by atoms with Crippen LogP contribution in [-0.2, 0) is 6.54 Å². The molecule has 116 valence electrons. The molecule has 0 bridgehead atoms. The number of benzene rings is 1. The van der Waals surface area contributed by atoms with E-state index in [2.05, 4.69) is 29.5 Å². The lowest BCUT2D eigenvalue weighted by molar-refractivity contribution is 0.219. The average Bonchev–Trinajstić information content (AvgIpc) is 2.89. The highest BCUT2D eigenvalue weighted by atomic mass is 15.0. The fourth-order valence-corrected chi connectivity index (χ4v) is 4.00. The Balaban J connectivity index is 1.74. The molecule has 1 aliphatic rings. The van der Waals surface area contributed by atoms with Gasteiger partial charge < -0.3 is 4.57 Å². The van der Waals surface area contributed by atoms with Crippen LogP contribution in [0.5, 0.6) is 0 Å². The summed E-state index contributed by atoms with van der Waals surface area (Å²) >= 11 is 0. The van der Waals surface area contributed by atoms with Crippen molar-refractivity contribution in [2.45, 2.75) is 52.5 Å². The van der Waals surface area contributed by atoms with Crippen molar-refractivity contribution in [3.8, 4) is 6.07 Å². The molecule has 0 saturated heterocycles. The van der Waals surface area contributed by atoms with Crippen molar-refractivity contribution in [1.29, 1.82) is 5.26 Å². The number of hydrogen-bond donors (Lipinski definition) is 0. The largest absolute Gasteiger partial charge is 0.330 e. The van der Waals surface area contributed by atoms with Crippen molar-refractivity contribution in [2.24, 2.45) is 17.8 Å². The van der Waals surface area contributed by atoms with Gasteiger partial charge in [-0.3, -0.25) is 0 Å². The number of aromatic nitrogens is 2. The third kappa shape index (κ3) is 3.32. The number of nitrogens with zero attached hydrogens (tertiary/aromatic N) is 3. The van der Waals surface area contributed by atoms with E-state index in [0.717, 1.165) is 40.9 Å². The van der Waals surface area contributed by atoms with Gasteiger partial charge in [0.25, 0.3) is 0 Å². The number of rotatable bonds is 4. The van der Waals surface area contributed by atoms with Gasteiger partial charge in [-0.2, -0.15) is 5.26 Å². The van der Waals surface area contributed by atoms with Crippen LogP contribution in [-0.4, -0.2) is 9.55 Å². The van der Waals surface area contributed by atoms with E-state index in [9.17, 15) is 0 Å². The normalized spacial score (nSPS) is 22.1. The first kappa shape index (κ1) is 15.1. The van der Waals surface area contributed by atoms with Crippen molar-refractivity contribution in [3.63, 3.8) is 0 Å². The van der Waals surface area contributed by atoms with E-state index in [1.54, 1.807) is 0 Å². The molecule has 1 saturated carbocycles. The van der Waals surface area contributed by atoms with Gasteiger partial charge in [-0.1, -0.05) is 26.7 Å². The highest BCUT2D eigenvalue weighted by Gasteiger charge is 2.23. The van der Waals surface area contributed by atoms with Crippen molar-refractivity contribution in [3.05, 3.63) is 30.1 Å². The quantitative estimate of drug-likeness (QED) is 0.816. The molecule has 2 aromatic rings. The van der Waals surface area contributed by atoms with Gasteiger partial charge in [0.15, 0.2) is 0 Å². The first-order valence-corrected chi connectivity index (χ1v) is 8.50. The molecule has 2 unspecified atom stereocenters. The summed E-state index contributed by atoms with van der Waals surface area (Å²) in [6, 6.07) is 7.99. The molecule has 0 radical (unpaired) electrons. The molecule has 2 atom stereocenters. The topological polar surface area (TPSA) is 41.6 Å². The summed E-state index contributed by atoms with van der Waals surface area (Å²) in [7, 11) is 0. The minimum absolute atomic E-state index is 0.718. The van der Waals surface area contributed by atoms with Gasteiger partial charge in [0.1, 0.15) is 0 Å². The maximum absolute atomic E-state index is 9.09. The average molecular weight is 295 g/mol. The smallest absolute Gasteiger partial charge is 0.0992 e. The zero-order chi connectivity index (χ0) is 15.5.